The fourth-order valence-corrected chi connectivity index (χ4v) is 1.44. The predicted molar refractivity (Wildman–Crippen MR) is 59.0 cm³/mol. The monoisotopic (exact) mass is 243 g/mol. The van der Waals surface area contributed by atoms with Gasteiger partial charge in [-0.15, -0.1) is 0 Å². The third-order valence-corrected chi connectivity index (χ3v) is 2.46. The number of carbonyl (C=O) groups is 1. The highest BCUT2D eigenvalue weighted by Gasteiger charge is 2.30. The Morgan fingerprint density at radius 1 is 1.35 bits per heavy atom. The van der Waals surface area contributed by atoms with E-state index in [4.69, 9.17) is 0 Å². The quantitative estimate of drug-likeness (QED) is 0.748. The summed E-state index contributed by atoms with van der Waals surface area (Å²) in [6, 6.07) is 4.78. The average molecular weight is 243 g/mol. The van der Waals surface area contributed by atoms with Crippen molar-refractivity contribution in [3.05, 3.63) is 35.4 Å². The molecule has 1 aromatic carbocycles. The van der Waals surface area contributed by atoms with E-state index in [1.807, 2.05) is 0 Å². The molecular weight excluding hydrogens is 231 g/mol. The van der Waals surface area contributed by atoms with E-state index in [-0.39, 0.29) is 18.2 Å². The van der Waals surface area contributed by atoms with E-state index >= 15 is 0 Å². The minimum atomic E-state index is -4.33. The summed E-state index contributed by atoms with van der Waals surface area (Å²) in [6.45, 7) is 4.86. The number of amides is 1. The number of carbonyl (C=O) groups excluding carboxylic acids is 1. The molecule has 0 aromatic heterocycles. The van der Waals surface area contributed by atoms with Gasteiger partial charge in [-0.05, 0) is 30.3 Å². The topological polar surface area (TPSA) is 29.4 Å². The van der Waals surface area contributed by atoms with Crippen LogP contribution in [0.1, 0.15) is 30.4 Å². The van der Waals surface area contributed by atoms with E-state index in [2.05, 4.69) is 11.7 Å². The summed E-state index contributed by atoms with van der Waals surface area (Å²) in [4.78, 5) is 14.3. The van der Waals surface area contributed by atoms with Crippen molar-refractivity contribution in [1.29, 1.82) is 0 Å². The molecule has 0 fully saturated rings. The van der Waals surface area contributed by atoms with Crippen molar-refractivity contribution >= 4 is 12.6 Å². The van der Waals surface area contributed by atoms with E-state index < -0.39 is 11.7 Å². The van der Waals surface area contributed by atoms with Crippen molar-refractivity contribution < 1.29 is 18.0 Å². The van der Waals surface area contributed by atoms with Crippen molar-refractivity contribution in [1.82, 2.24) is 0 Å². The van der Waals surface area contributed by atoms with Gasteiger partial charge in [-0.25, -0.2) is 4.99 Å². The van der Waals surface area contributed by atoms with Gasteiger partial charge in [-0.1, -0.05) is 19.1 Å². The van der Waals surface area contributed by atoms with Crippen LogP contribution in [0.2, 0.25) is 0 Å². The van der Waals surface area contributed by atoms with Gasteiger partial charge in [-0.3, -0.25) is 4.79 Å². The molecule has 1 amide bonds. The van der Waals surface area contributed by atoms with E-state index in [0.717, 1.165) is 12.1 Å². The Kier molecular flexibility index (Phi) is 4.04. The third-order valence-electron chi connectivity index (χ3n) is 2.46. The second-order valence-electron chi connectivity index (χ2n) is 3.78. The second kappa shape index (κ2) is 5.12. The molecule has 0 saturated carbocycles. The molecule has 0 aliphatic carbocycles. The van der Waals surface area contributed by atoms with Gasteiger partial charge in [0.25, 0.3) is 0 Å². The fraction of sp³-hybridized carbons (Fsp3) is 0.333. The molecule has 17 heavy (non-hydrogen) atoms. The van der Waals surface area contributed by atoms with Crippen LogP contribution in [-0.4, -0.2) is 12.6 Å². The van der Waals surface area contributed by atoms with Crippen LogP contribution in [0.3, 0.4) is 0 Å². The zero-order chi connectivity index (χ0) is 13.1. The van der Waals surface area contributed by atoms with Crippen LogP contribution in [0.4, 0.5) is 13.2 Å². The summed E-state index contributed by atoms with van der Waals surface area (Å²) in [5, 5.41) is 0. The maximum absolute atomic E-state index is 12.3. The van der Waals surface area contributed by atoms with Gasteiger partial charge in [0.15, 0.2) is 0 Å². The van der Waals surface area contributed by atoms with Crippen molar-refractivity contribution in [2.75, 3.05) is 0 Å². The highest BCUT2D eigenvalue weighted by molar-refractivity contribution is 5.81. The zero-order valence-corrected chi connectivity index (χ0v) is 9.29. The van der Waals surface area contributed by atoms with Crippen LogP contribution in [0.5, 0.6) is 0 Å². The SMILES string of the molecule is C=NC(=O)CC(C)c1ccc(C(F)(F)F)cc1. The Morgan fingerprint density at radius 3 is 2.29 bits per heavy atom. The van der Waals surface area contributed by atoms with Crippen LogP contribution in [0.15, 0.2) is 29.3 Å². The number of halogens is 3. The zero-order valence-electron chi connectivity index (χ0n) is 9.29. The average Bonchev–Trinajstić information content (AvgIpc) is 2.27. The molecule has 2 nitrogen and oxygen atoms in total. The van der Waals surface area contributed by atoms with Gasteiger partial charge in [-0.2, -0.15) is 13.2 Å². The number of alkyl halides is 3. The lowest BCUT2D eigenvalue weighted by molar-refractivity contribution is -0.137. The number of hydrogen-bond acceptors (Lipinski definition) is 1. The molecular formula is C12H12F3NO. The largest absolute Gasteiger partial charge is 0.416 e. The summed E-state index contributed by atoms with van der Waals surface area (Å²) < 4.78 is 36.9. The van der Waals surface area contributed by atoms with Crippen LogP contribution >= 0.6 is 0 Å². The highest BCUT2D eigenvalue weighted by Crippen LogP contribution is 2.30. The number of benzene rings is 1. The Bertz CT molecular complexity index is 409. The lowest BCUT2D eigenvalue weighted by atomic mass is 9.96. The van der Waals surface area contributed by atoms with E-state index in [0.29, 0.717) is 5.56 Å². The van der Waals surface area contributed by atoms with Crippen molar-refractivity contribution in [3.8, 4) is 0 Å². The van der Waals surface area contributed by atoms with Gasteiger partial charge >= 0.3 is 6.18 Å². The Labute approximate surface area is 97.2 Å². The lowest BCUT2D eigenvalue weighted by Gasteiger charge is -2.11. The predicted octanol–water partition coefficient (Wildman–Crippen LogP) is 3.43. The molecule has 1 rings (SSSR count). The minimum Gasteiger partial charge on any atom is -0.273 e. The van der Waals surface area contributed by atoms with Crippen molar-refractivity contribution in [2.24, 2.45) is 4.99 Å². The number of aliphatic imine (C=N–C) groups is 1. The number of nitrogens with zero attached hydrogens (tertiary/aromatic N) is 1. The summed E-state index contributed by atoms with van der Waals surface area (Å²) in [5.74, 6) is -0.535. The summed E-state index contributed by atoms with van der Waals surface area (Å²) in [7, 11) is 0. The minimum absolute atomic E-state index is 0.148. The molecule has 0 aliphatic heterocycles. The fourth-order valence-electron chi connectivity index (χ4n) is 1.44. The molecule has 0 saturated heterocycles. The third kappa shape index (κ3) is 3.69. The first-order valence-electron chi connectivity index (χ1n) is 5.01. The smallest absolute Gasteiger partial charge is 0.273 e. The maximum Gasteiger partial charge on any atom is 0.416 e. The van der Waals surface area contributed by atoms with E-state index in [9.17, 15) is 18.0 Å². The first-order valence-corrected chi connectivity index (χ1v) is 5.01. The Balaban J connectivity index is 2.80. The van der Waals surface area contributed by atoms with Crippen LogP contribution < -0.4 is 0 Å². The van der Waals surface area contributed by atoms with Gasteiger partial charge in [0.2, 0.25) is 5.91 Å². The normalized spacial score (nSPS) is 13.2. The lowest BCUT2D eigenvalue weighted by Crippen LogP contribution is -2.06. The van der Waals surface area contributed by atoms with Gasteiger partial charge in [0.1, 0.15) is 0 Å². The van der Waals surface area contributed by atoms with Crippen LogP contribution in [0.25, 0.3) is 0 Å². The van der Waals surface area contributed by atoms with E-state index in [1.165, 1.54) is 12.1 Å². The Morgan fingerprint density at radius 2 is 1.88 bits per heavy atom. The van der Waals surface area contributed by atoms with Crippen molar-refractivity contribution in [2.45, 2.75) is 25.4 Å². The van der Waals surface area contributed by atoms with Crippen LogP contribution in [-0.2, 0) is 11.0 Å². The van der Waals surface area contributed by atoms with E-state index in [1.54, 1.807) is 6.92 Å². The molecule has 1 atom stereocenters. The number of rotatable bonds is 3. The molecule has 1 unspecified atom stereocenters. The first-order chi connectivity index (χ1) is 7.84. The highest BCUT2D eigenvalue weighted by atomic mass is 19.4. The summed E-state index contributed by atoms with van der Waals surface area (Å²) in [5.41, 5.74) is -0.0170. The van der Waals surface area contributed by atoms with Crippen molar-refractivity contribution in [3.63, 3.8) is 0 Å². The maximum atomic E-state index is 12.3. The molecule has 5 heteroatoms. The van der Waals surface area contributed by atoms with Gasteiger partial charge < -0.3 is 0 Å². The van der Waals surface area contributed by atoms with Gasteiger partial charge in [0.05, 0.1) is 5.56 Å². The molecule has 0 bridgehead atoms. The second-order valence-corrected chi connectivity index (χ2v) is 3.78. The van der Waals surface area contributed by atoms with Crippen LogP contribution in [0, 0.1) is 0 Å². The standard InChI is InChI=1S/C12H12F3NO/c1-8(7-11(17)16-2)9-3-5-10(6-4-9)12(13,14)15/h3-6,8H,2,7H2,1H3. The molecule has 0 radical (unpaired) electrons. The molecule has 0 heterocycles. The molecule has 92 valence electrons. The molecule has 0 N–H and O–H groups in total. The number of hydrogen-bond donors (Lipinski definition) is 0. The summed E-state index contributed by atoms with van der Waals surface area (Å²) >= 11 is 0. The Hall–Kier alpha value is -1.65. The summed E-state index contributed by atoms with van der Waals surface area (Å²) in [6.07, 6.45) is -4.19. The molecule has 0 aliphatic rings. The van der Waals surface area contributed by atoms with Gasteiger partial charge in [0, 0.05) is 6.42 Å². The molecule has 0 spiro atoms. The first kappa shape index (κ1) is 13.4. The molecule has 1 aromatic rings.